The maximum atomic E-state index is 5.71. The van der Waals surface area contributed by atoms with Crippen LogP contribution in [0.2, 0.25) is 0 Å². The summed E-state index contributed by atoms with van der Waals surface area (Å²) in [7, 11) is 1.92. The number of hydrogen-bond acceptors (Lipinski definition) is 3. The summed E-state index contributed by atoms with van der Waals surface area (Å²) < 4.78 is 6.70. The van der Waals surface area contributed by atoms with Gasteiger partial charge in [-0.3, -0.25) is 0 Å². The number of aromatic nitrogens is 1. The smallest absolute Gasteiger partial charge is 0.219 e. The lowest BCUT2D eigenvalue weighted by Gasteiger charge is -2.08. The fourth-order valence-corrected chi connectivity index (χ4v) is 2.03. The van der Waals surface area contributed by atoms with E-state index in [0.29, 0.717) is 5.88 Å². The molecular weight excluding hydrogens is 292 g/mol. The molecule has 1 aromatic heterocycles. The highest BCUT2D eigenvalue weighted by molar-refractivity contribution is 9.10. The van der Waals surface area contributed by atoms with Crippen molar-refractivity contribution in [2.75, 3.05) is 7.05 Å². The van der Waals surface area contributed by atoms with Crippen LogP contribution in [-0.2, 0) is 6.54 Å². The highest BCUT2D eigenvalue weighted by Gasteiger charge is 2.03. The van der Waals surface area contributed by atoms with Crippen LogP contribution in [0.5, 0.6) is 11.6 Å². The van der Waals surface area contributed by atoms with Crippen molar-refractivity contribution in [1.29, 1.82) is 0 Å². The zero-order valence-electron chi connectivity index (χ0n) is 10.4. The molecule has 0 saturated carbocycles. The molecular formula is C14H15BrN2O. The molecule has 1 heterocycles. The number of aryl methyl sites for hydroxylation is 1. The first kappa shape index (κ1) is 13.1. The van der Waals surface area contributed by atoms with E-state index in [1.165, 1.54) is 5.56 Å². The first-order valence-electron chi connectivity index (χ1n) is 5.73. The lowest BCUT2D eigenvalue weighted by molar-refractivity contribution is 0.460. The van der Waals surface area contributed by atoms with Crippen LogP contribution in [-0.4, -0.2) is 12.0 Å². The van der Waals surface area contributed by atoms with E-state index in [1.807, 2.05) is 50.4 Å². The highest BCUT2D eigenvalue weighted by atomic mass is 79.9. The Bertz CT molecular complexity index is 543. The fourth-order valence-electron chi connectivity index (χ4n) is 1.65. The zero-order valence-corrected chi connectivity index (χ0v) is 12.0. The number of rotatable bonds is 4. The van der Waals surface area contributed by atoms with Gasteiger partial charge in [-0.1, -0.05) is 28.1 Å². The van der Waals surface area contributed by atoms with Crippen LogP contribution in [0.3, 0.4) is 0 Å². The molecule has 0 aliphatic rings. The monoisotopic (exact) mass is 306 g/mol. The second kappa shape index (κ2) is 5.98. The Hall–Kier alpha value is -1.39. The van der Waals surface area contributed by atoms with E-state index < -0.39 is 0 Å². The Morgan fingerprint density at radius 1 is 1.28 bits per heavy atom. The number of hydrogen-bond donors (Lipinski definition) is 1. The van der Waals surface area contributed by atoms with Gasteiger partial charge in [0, 0.05) is 22.8 Å². The number of benzene rings is 1. The Balaban J connectivity index is 2.17. The average molecular weight is 307 g/mol. The Kier molecular flexibility index (Phi) is 4.33. The third kappa shape index (κ3) is 3.31. The van der Waals surface area contributed by atoms with Crippen molar-refractivity contribution < 1.29 is 4.74 Å². The zero-order chi connectivity index (χ0) is 13.0. The summed E-state index contributed by atoms with van der Waals surface area (Å²) in [6, 6.07) is 11.6. The quantitative estimate of drug-likeness (QED) is 0.936. The second-order valence-electron chi connectivity index (χ2n) is 3.98. The van der Waals surface area contributed by atoms with Gasteiger partial charge < -0.3 is 10.1 Å². The molecule has 2 rings (SSSR count). The van der Waals surface area contributed by atoms with E-state index in [0.717, 1.165) is 22.5 Å². The van der Waals surface area contributed by atoms with Crippen molar-refractivity contribution in [3.8, 4) is 11.6 Å². The number of nitrogens with one attached hydrogen (secondary N) is 1. The van der Waals surface area contributed by atoms with E-state index in [-0.39, 0.29) is 0 Å². The first-order valence-corrected chi connectivity index (χ1v) is 6.53. The summed E-state index contributed by atoms with van der Waals surface area (Å²) in [5, 5.41) is 3.11. The molecule has 3 nitrogen and oxygen atoms in total. The summed E-state index contributed by atoms with van der Waals surface area (Å²) in [6.45, 7) is 2.80. The third-order valence-electron chi connectivity index (χ3n) is 2.56. The van der Waals surface area contributed by atoms with Crippen LogP contribution in [0.25, 0.3) is 0 Å². The van der Waals surface area contributed by atoms with Crippen LogP contribution in [0.4, 0.5) is 0 Å². The fraction of sp³-hybridized carbons (Fsp3) is 0.214. The molecule has 4 heteroatoms. The molecule has 0 amide bonds. The van der Waals surface area contributed by atoms with Gasteiger partial charge in [-0.15, -0.1) is 0 Å². The van der Waals surface area contributed by atoms with Crippen molar-refractivity contribution in [1.82, 2.24) is 10.3 Å². The Labute approximate surface area is 115 Å². The summed E-state index contributed by atoms with van der Waals surface area (Å²) in [5.41, 5.74) is 2.16. The van der Waals surface area contributed by atoms with Crippen LogP contribution in [0, 0.1) is 6.92 Å². The highest BCUT2D eigenvalue weighted by Crippen LogP contribution is 2.23. The minimum atomic E-state index is 0.616. The molecule has 0 spiro atoms. The second-order valence-corrected chi connectivity index (χ2v) is 4.90. The maximum absolute atomic E-state index is 5.71. The van der Waals surface area contributed by atoms with Gasteiger partial charge in [0.15, 0.2) is 0 Å². The van der Waals surface area contributed by atoms with Crippen molar-refractivity contribution in [2.24, 2.45) is 0 Å². The summed E-state index contributed by atoms with van der Waals surface area (Å²) in [4.78, 5) is 4.44. The third-order valence-corrected chi connectivity index (χ3v) is 3.05. The van der Waals surface area contributed by atoms with Crippen molar-refractivity contribution in [2.45, 2.75) is 13.5 Å². The predicted molar refractivity (Wildman–Crippen MR) is 76.0 cm³/mol. The van der Waals surface area contributed by atoms with Gasteiger partial charge in [0.1, 0.15) is 5.75 Å². The Morgan fingerprint density at radius 2 is 2.11 bits per heavy atom. The van der Waals surface area contributed by atoms with E-state index in [4.69, 9.17) is 4.74 Å². The molecule has 0 bridgehead atoms. The van der Waals surface area contributed by atoms with Crippen molar-refractivity contribution >= 4 is 15.9 Å². The first-order chi connectivity index (χ1) is 8.69. The molecule has 0 saturated heterocycles. The predicted octanol–water partition coefficient (Wildman–Crippen LogP) is 3.66. The Morgan fingerprint density at radius 3 is 2.78 bits per heavy atom. The van der Waals surface area contributed by atoms with Gasteiger partial charge in [-0.05, 0) is 37.7 Å². The SMILES string of the molecule is CNCc1ccc(Oc2cccc(Br)c2)nc1C. The van der Waals surface area contributed by atoms with Gasteiger partial charge in [0.25, 0.3) is 0 Å². The van der Waals surface area contributed by atoms with Crippen LogP contribution >= 0.6 is 15.9 Å². The molecule has 0 aliphatic heterocycles. The van der Waals surface area contributed by atoms with Crippen LogP contribution in [0.1, 0.15) is 11.3 Å². The van der Waals surface area contributed by atoms with Crippen molar-refractivity contribution in [3.63, 3.8) is 0 Å². The van der Waals surface area contributed by atoms with Gasteiger partial charge in [-0.2, -0.15) is 0 Å². The van der Waals surface area contributed by atoms with E-state index in [1.54, 1.807) is 0 Å². The minimum Gasteiger partial charge on any atom is -0.439 e. The molecule has 0 radical (unpaired) electrons. The lowest BCUT2D eigenvalue weighted by Crippen LogP contribution is -2.07. The number of nitrogens with zero attached hydrogens (tertiary/aromatic N) is 1. The summed E-state index contributed by atoms with van der Waals surface area (Å²) >= 11 is 3.41. The largest absolute Gasteiger partial charge is 0.439 e. The molecule has 0 fully saturated rings. The minimum absolute atomic E-state index is 0.616. The molecule has 94 valence electrons. The molecule has 0 aliphatic carbocycles. The van der Waals surface area contributed by atoms with E-state index >= 15 is 0 Å². The molecule has 1 aromatic carbocycles. The summed E-state index contributed by atoms with van der Waals surface area (Å²) in [6.07, 6.45) is 0. The van der Waals surface area contributed by atoms with Crippen molar-refractivity contribution in [3.05, 3.63) is 52.1 Å². The van der Waals surface area contributed by atoms with Gasteiger partial charge in [0.2, 0.25) is 5.88 Å². The molecule has 0 atom stereocenters. The normalized spacial score (nSPS) is 10.4. The van der Waals surface area contributed by atoms with Gasteiger partial charge >= 0.3 is 0 Å². The number of ether oxygens (including phenoxy) is 1. The maximum Gasteiger partial charge on any atom is 0.219 e. The average Bonchev–Trinajstić information content (AvgIpc) is 2.33. The van der Waals surface area contributed by atoms with E-state index in [2.05, 4.69) is 26.2 Å². The topological polar surface area (TPSA) is 34.1 Å². The van der Waals surface area contributed by atoms with Crippen LogP contribution < -0.4 is 10.1 Å². The standard InChI is InChI=1S/C14H15BrN2O/c1-10-11(9-16-2)6-7-14(17-10)18-13-5-3-4-12(15)8-13/h3-8,16H,9H2,1-2H3. The van der Waals surface area contributed by atoms with Crippen LogP contribution in [0.15, 0.2) is 40.9 Å². The van der Waals surface area contributed by atoms with Gasteiger partial charge in [0.05, 0.1) is 0 Å². The molecule has 18 heavy (non-hydrogen) atoms. The molecule has 2 aromatic rings. The number of pyridine rings is 1. The molecule has 0 unspecified atom stereocenters. The molecule has 1 N–H and O–H groups in total. The summed E-state index contributed by atoms with van der Waals surface area (Å²) in [5.74, 6) is 1.39. The number of halogens is 1. The van der Waals surface area contributed by atoms with E-state index in [9.17, 15) is 0 Å². The van der Waals surface area contributed by atoms with Gasteiger partial charge in [-0.25, -0.2) is 4.98 Å². The lowest BCUT2D eigenvalue weighted by atomic mass is 10.2.